The third-order valence-electron chi connectivity index (χ3n) is 2.72. The molecule has 0 heterocycles. The number of halogens is 2. The molecule has 0 atom stereocenters. The maximum Gasteiger partial charge on any atom is 0.197 e. The van der Waals surface area contributed by atoms with Crippen molar-refractivity contribution in [1.29, 1.82) is 0 Å². The van der Waals surface area contributed by atoms with E-state index < -0.39 is 5.82 Å². The maximum atomic E-state index is 13.7. The fourth-order valence-corrected chi connectivity index (χ4v) is 2.20. The standard InChI is InChI=1S/C14H11BrFNO/c1-8-7-9(5-6-12(8)17)14(18)13-10(15)3-2-4-11(13)16/h2-7H,17H2,1H3. The second-order valence-corrected chi connectivity index (χ2v) is 4.85. The Morgan fingerprint density at radius 1 is 1.28 bits per heavy atom. The first kappa shape index (κ1) is 12.8. The van der Waals surface area contributed by atoms with E-state index >= 15 is 0 Å². The molecule has 2 aromatic rings. The predicted molar refractivity (Wildman–Crippen MR) is 73.1 cm³/mol. The van der Waals surface area contributed by atoms with Crippen LogP contribution in [0.1, 0.15) is 21.5 Å². The number of aryl methyl sites for hydroxylation is 1. The Labute approximate surface area is 113 Å². The summed E-state index contributed by atoms with van der Waals surface area (Å²) in [6.07, 6.45) is 0. The van der Waals surface area contributed by atoms with E-state index in [4.69, 9.17) is 5.73 Å². The van der Waals surface area contributed by atoms with E-state index in [9.17, 15) is 9.18 Å². The van der Waals surface area contributed by atoms with Crippen LogP contribution in [0.15, 0.2) is 40.9 Å². The van der Waals surface area contributed by atoms with E-state index in [1.54, 1.807) is 30.3 Å². The number of hydrogen-bond donors (Lipinski definition) is 1. The molecule has 2 nitrogen and oxygen atoms in total. The Morgan fingerprint density at radius 3 is 2.61 bits per heavy atom. The van der Waals surface area contributed by atoms with Crippen LogP contribution in [0.4, 0.5) is 10.1 Å². The lowest BCUT2D eigenvalue weighted by Gasteiger charge is -2.07. The van der Waals surface area contributed by atoms with Crippen molar-refractivity contribution in [1.82, 2.24) is 0 Å². The first-order chi connectivity index (χ1) is 8.50. The summed E-state index contributed by atoms with van der Waals surface area (Å²) < 4.78 is 14.1. The summed E-state index contributed by atoms with van der Waals surface area (Å²) in [5, 5.41) is 0. The van der Waals surface area contributed by atoms with Gasteiger partial charge in [0.2, 0.25) is 0 Å². The van der Waals surface area contributed by atoms with Gasteiger partial charge in [-0.1, -0.05) is 6.07 Å². The van der Waals surface area contributed by atoms with Crippen LogP contribution in [-0.4, -0.2) is 5.78 Å². The molecule has 0 spiro atoms. The van der Waals surface area contributed by atoms with Crippen molar-refractivity contribution in [3.63, 3.8) is 0 Å². The maximum absolute atomic E-state index is 13.7. The summed E-state index contributed by atoms with van der Waals surface area (Å²) in [6, 6.07) is 9.37. The van der Waals surface area contributed by atoms with Gasteiger partial charge < -0.3 is 5.73 Å². The zero-order valence-electron chi connectivity index (χ0n) is 9.71. The second kappa shape index (κ2) is 4.90. The van der Waals surface area contributed by atoms with E-state index in [2.05, 4.69) is 15.9 Å². The molecule has 2 aromatic carbocycles. The van der Waals surface area contributed by atoms with Gasteiger partial charge in [0.25, 0.3) is 0 Å². The van der Waals surface area contributed by atoms with Crippen molar-refractivity contribution in [3.8, 4) is 0 Å². The number of nitrogen functional groups attached to an aromatic ring is 1. The van der Waals surface area contributed by atoms with E-state index in [1.807, 2.05) is 6.92 Å². The van der Waals surface area contributed by atoms with Gasteiger partial charge in [0.1, 0.15) is 5.82 Å². The van der Waals surface area contributed by atoms with Crippen LogP contribution < -0.4 is 5.73 Å². The average molecular weight is 308 g/mol. The molecule has 0 aliphatic carbocycles. The molecule has 92 valence electrons. The third-order valence-corrected chi connectivity index (χ3v) is 3.38. The Morgan fingerprint density at radius 2 is 2.00 bits per heavy atom. The van der Waals surface area contributed by atoms with Crippen LogP contribution in [0, 0.1) is 12.7 Å². The summed E-state index contributed by atoms with van der Waals surface area (Å²) in [5.74, 6) is -0.896. The molecule has 0 aliphatic rings. The Bertz CT molecular complexity index is 605. The quantitative estimate of drug-likeness (QED) is 0.679. The molecular weight excluding hydrogens is 297 g/mol. The number of benzene rings is 2. The summed E-state index contributed by atoms with van der Waals surface area (Å²) in [6.45, 7) is 1.81. The number of hydrogen-bond acceptors (Lipinski definition) is 2. The first-order valence-corrected chi connectivity index (χ1v) is 6.15. The molecule has 0 saturated carbocycles. The van der Waals surface area contributed by atoms with E-state index in [-0.39, 0.29) is 11.3 Å². The molecule has 0 aromatic heterocycles. The third kappa shape index (κ3) is 2.29. The molecule has 0 unspecified atom stereocenters. The van der Waals surface area contributed by atoms with Gasteiger partial charge in [0, 0.05) is 15.7 Å². The number of ketones is 1. The van der Waals surface area contributed by atoms with Gasteiger partial charge in [-0.25, -0.2) is 4.39 Å². The smallest absolute Gasteiger partial charge is 0.197 e. The topological polar surface area (TPSA) is 43.1 Å². The minimum Gasteiger partial charge on any atom is -0.399 e. The van der Waals surface area contributed by atoms with Crippen LogP contribution in [0.3, 0.4) is 0 Å². The second-order valence-electron chi connectivity index (χ2n) is 4.00. The van der Waals surface area contributed by atoms with E-state index in [0.717, 1.165) is 5.56 Å². The monoisotopic (exact) mass is 307 g/mol. The summed E-state index contributed by atoms with van der Waals surface area (Å²) in [7, 11) is 0. The zero-order valence-corrected chi connectivity index (χ0v) is 11.3. The van der Waals surface area contributed by atoms with Gasteiger partial charge >= 0.3 is 0 Å². The minimum absolute atomic E-state index is 0.0432. The fraction of sp³-hybridized carbons (Fsp3) is 0.0714. The number of carbonyl (C=O) groups excluding carboxylic acids is 1. The molecule has 0 saturated heterocycles. The molecule has 0 amide bonds. The van der Waals surface area contributed by atoms with Crippen LogP contribution >= 0.6 is 15.9 Å². The zero-order chi connectivity index (χ0) is 13.3. The van der Waals surface area contributed by atoms with Gasteiger partial charge in [-0.15, -0.1) is 0 Å². The van der Waals surface area contributed by atoms with Crippen LogP contribution in [0.2, 0.25) is 0 Å². The van der Waals surface area contributed by atoms with Crippen molar-refractivity contribution < 1.29 is 9.18 Å². The van der Waals surface area contributed by atoms with Crippen LogP contribution in [-0.2, 0) is 0 Å². The molecule has 0 aliphatic heterocycles. The van der Waals surface area contributed by atoms with Crippen molar-refractivity contribution >= 4 is 27.4 Å². The molecule has 4 heteroatoms. The Balaban J connectivity index is 2.51. The largest absolute Gasteiger partial charge is 0.399 e. The van der Waals surface area contributed by atoms with Gasteiger partial charge in [-0.3, -0.25) is 4.79 Å². The minimum atomic E-state index is -0.538. The van der Waals surface area contributed by atoms with Crippen LogP contribution in [0.5, 0.6) is 0 Å². The van der Waals surface area contributed by atoms with Gasteiger partial charge in [-0.2, -0.15) is 0 Å². The van der Waals surface area contributed by atoms with Crippen LogP contribution in [0.25, 0.3) is 0 Å². The van der Waals surface area contributed by atoms with Crippen molar-refractivity contribution in [2.75, 3.05) is 5.73 Å². The predicted octanol–water partition coefficient (Wildman–Crippen LogP) is 3.71. The van der Waals surface area contributed by atoms with Gasteiger partial charge in [0.15, 0.2) is 5.78 Å². The average Bonchev–Trinajstić information content (AvgIpc) is 2.32. The highest BCUT2D eigenvalue weighted by Gasteiger charge is 2.17. The van der Waals surface area contributed by atoms with Crippen molar-refractivity contribution in [2.24, 2.45) is 0 Å². The SMILES string of the molecule is Cc1cc(C(=O)c2c(F)cccc2Br)ccc1N. The lowest BCUT2D eigenvalue weighted by atomic mass is 10.0. The number of rotatable bonds is 2. The lowest BCUT2D eigenvalue weighted by molar-refractivity contribution is 0.103. The number of nitrogens with two attached hydrogens (primary N) is 1. The lowest BCUT2D eigenvalue weighted by Crippen LogP contribution is -2.06. The van der Waals surface area contributed by atoms with E-state index in [0.29, 0.717) is 15.7 Å². The molecule has 18 heavy (non-hydrogen) atoms. The molecule has 0 bridgehead atoms. The molecule has 2 rings (SSSR count). The summed E-state index contributed by atoms with van der Waals surface area (Å²) >= 11 is 3.19. The van der Waals surface area contributed by atoms with Gasteiger partial charge in [-0.05, 0) is 58.7 Å². The summed E-state index contributed by atoms with van der Waals surface area (Å²) in [4.78, 5) is 12.2. The Hall–Kier alpha value is -1.68. The van der Waals surface area contributed by atoms with Gasteiger partial charge in [0.05, 0.1) is 5.56 Å². The summed E-state index contributed by atoms with van der Waals surface area (Å²) in [5.41, 5.74) is 7.57. The highest BCUT2D eigenvalue weighted by atomic mass is 79.9. The molecule has 2 N–H and O–H groups in total. The Kier molecular flexibility index (Phi) is 3.48. The number of carbonyl (C=O) groups is 1. The normalized spacial score (nSPS) is 10.4. The molecular formula is C14H11BrFNO. The highest BCUT2D eigenvalue weighted by molar-refractivity contribution is 9.10. The first-order valence-electron chi connectivity index (χ1n) is 5.35. The highest BCUT2D eigenvalue weighted by Crippen LogP contribution is 2.24. The molecule has 0 fully saturated rings. The van der Waals surface area contributed by atoms with Crippen molar-refractivity contribution in [2.45, 2.75) is 6.92 Å². The molecule has 0 radical (unpaired) electrons. The van der Waals surface area contributed by atoms with E-state index in [1.165, 1.54) is 6.07 Å². The van der Waals surface area contributed by atoms with Crippen molar-refractivity contribution in [3.05, 3.63) is 63.4 Å². The number of anilines is 1. The fourth-order valence-electron chi connectivity index (χ4n) is 1.68.